The summed E-state index contributed by atoms with van der Waals surface area (Å²) in [6, 6.07) is 0. The molecular formula is H9CeFLaNaO5PSr. The van der Waals surface area contributed by atoms with Gasteiger partial charge in [0.05, 0.1) is 0 Å². The third-order valence-corrected chi connectivity index (χ3v) is 0. The second-order valence-electron chi connectivity index (χ2n) is 0.513. The fourth-order valence-electron chi connectivity index (χ4n) is 0. The first kappa shape index (κ1) is 44.4. The van der Waals surface area contributed by atoms with Crippen LogP contribution in [0.4, 0.5) is 4.70 Å². The molecule has 0 aliphatic carbocycles. The van der Waals surface area contributed by atoms with Gasteiger partial charge in [0.2, 0.25) is 0 Å². The van der Waals surface area contributed by atoms with Gasteiger partial charge in [-0.1, -0.05) is 0 Å². The van der Waals surface area contributed by atoms with Crippen molar-refractivity contribution < 1.29 is 141 Å². The summed E-state index contributed by atoms with van der Waals surface area (Å²) in [5, 5.41) is 0. The molecular weight excluding hydrogens is 520 g/mol. The summed E-state index contributed by atoms with van der Waals surface area (Å²) in [5.74, 6) is 0. The molecule has 1 radical (unpaired) electrons. The van der Waals surface area contributed by atoms with Crippen LogP contribution < -0.4 is 29.6 Å². The standard InChI is InChI=1S/Ce.FH.La.Na.H3O4P.H2O.Sr.3H/c;;;;1-5(2,3)4;;;;;/h;1H;;;(H3,1,2,3,4);1H2;;;;/q;;;+1;;;+2;3*-1. The number of phosphoric acid groups is 1. The van der Waals surface area contributed by atoms with Crippen LogP contribution in [0.2, 0.25) is 0 Å². The molecule has 0 heterocycles. The van der Waals surface area contributed by atoms with E-state index >= 15 is 0 Å². The molecule has 0 aliphatic heterocycles. The maximum atomic E-state index is 8.88. The van der Waals surface area contributed by atoms with Gasteiger partial charge < -0.3 is 24.4 Å². The Bertz CT molecular complexity index is 83.1. The second-order valence-corrected chi connectivity index (χ2v) is 1.54. The Morgan fingerprint density at radius 1 is 1.18 bits per heavy atom. The van der Waals surface area contributed by atoms with E-state index in [-0.39, 0.29) is 167 Å². The van der Waals surface area contributed by atoms with Crippen LogP contribution in [0.15, 0.2) is 0 Å². The zero-order valence-corrected chi connectivity index (χ0v) is 19.0. The number of hydrogen-bond acceptors (Lipinski definition) is 1. The van der Waals surface area contributed by atoms with Crippen LogP contribution in [0, 0.1) is 77.3 Å². The number of hydrogen-bond donors (Lipinski definition) is 3. The van der Waals surface area contributed by atoms with Crippen molar-refractivity contribution in [3.63, 3.8) is 0 Å². The predicted octanol–water partition coefficient (Wildman–Crippen LogP) is -4.64. The van der Waals surface area contributed by atoms with Gasteiger partial charge in [-0.2, -0.15) is 0 Å². The van der Waals surface area contributed by atoms with Gasteiger partial charge in [0, 0.05) is 77.3 Å². The fraction of sp³-hybridized carbons (Fsp3) is 0. The molecule has 5 N–H and O–H groups in total. The molecule has 0 rings (SSSR count). The molecule has 0 aromatic rings. The third-order valence-electron chi connectivity index (χ3n) is 0. The smallest absolute Gasteiger partial charge is 1.00 e. The zero-order chi connectivity index (χ0) is 4.50. The molecule has 0 unspecified atom stereocenters. The fourth-order valence-corrected chi connectivity index (χ4v) is 0. The number of halogens is 1. The van der Waals surface area contributed by atoms with Crippen molar-refractivity contribution in [1.82, 2.24) is 0 Å². The van der Waals surface area contributed by atoms with Crippen molar-refractivity contribution in [3.05, 3.63) is 0 Å². The Balaban J connectivity index is -0.00000000222. The predicted molar refractivity (Wildman–Crippen MR) is 29.5 cm³/mol. The summed E-state index contributed by atoms with van der Waals surface area (Å²) < 4.78 is 8.88. The average molecular weight is 529 g/mol. The molecule has 0 amide bonds. The topological polar surface area (TPSA) is 109 Å². The maximum absolute atomic E-state index is 8.88. The van der Waals surface area contributed by atoms with Crippen LogP contribution in [0.1, 0.15) is 4.28 Å². The van der Waals surface area contributed by atoms with E-state index in [0.29, 0.717) is 0 Å². The molecule has 0 atom stereocenters. The van der Waals surface area contributed by atoms with Gasteiger partial charge in [-0.05, 0) is 0 Å². The van der Waals surface area contributed by atoms with E-state index < -0.39 is 7.82 Å². The Labute approximate surface area is 189 Å². The minimum atomic E-state index is -4.64. The van der Waals surface area contributed by atoms with Gasteiger partial charge >= 0.3 is 82.9 Å². The SMILES string of the molecule is F.O.O=P(O)(O)O.[Ce].[H-].[H-].[H-].[La].[Na+].[Sr+2]. The van der Waals surface area contributed by atoms with E-state index in [9.17, 15) is 0 Å². The van der Waals surface area contributed by atoms with E-state index in [1.54, 1.807) is 0 Å². The molecule has 61 valence electrons. The summed E-state index contributed by atoms with van der Waals surface area (Å²) >= 11 is 0. The van der Waals surface area contributed by atoms with E-state index in [1.165, 1.54) is 0 Å². The van der Waals surface area contributed by atoms with Crippen molar-refractivity contribution in [2.24, 2.45) is 0 Å². The molecule has 0 fully saturated rings. The molecule has 0 saturated heterocycles. The molecule has 0 aliphatic rings. The first-order chi connectivity index (χ1) is 2.00. The van der Waals surface area contributed by atoms with Gasteiger partial charge in [0.25, 0.3) is 0 Å². The van der Waals surface area contributed by atoms with Gasteiger partial charge in [-0.3, -0.25) is 4.70 Å². The Hall–Kier alpha value is 5.05. The molecule has 0 saturated carbocycles. The van der Waals surface area contributed by atoms with Crippen LogP contribution in [0.25, 0.3) is 0 Å². The van der Waals surface area contributed by atoms with Crippen molar-refractivity contribution in [2.75, 3.05) is 0 Å². The van der Waals surface area contributed by atoms with Crippen molar-refractivity contribution in [2.45, 2.75) is 0 Å². The zero-order valence-electron chi connectivity index (χ0n) is 8.89. The monoisotopic (exact) mass is 529 g/mol. The minimum absolute atomic E-state index is 0. The molecule has 0 aromatic heterocycles. The third kappa shape index (κ3) is 100. The summed E-state index contributed by atoms with van der Waals surface area (Å²) in [6.07, 6.45) is 0. The Kier molecular flexibility index (Phi) is 98.2. The van der Waals surface area contributed by atoms with Crippen molar-refractivity contribution >= 4 is 53.3 Å². The van der Waals surface area contributed by atoms with Gasteiger partial charge in [-0.15, -0.1) is 0 Å². The molecule has 11 heavy (non-hydrogen) atoms. The first-order valence-electron chi connectivity index (χ1n) is 0.783. The molecule has 5 nitrogen and oxygen atoms in total. The summed E-state index contributed by atoms with van der Waals surface area (Å²) in [6.45, 7) is 0. The normalized spacial score (nSPS) is 5.36. The molecule has 11 heteroatoms. The average Bonchev–Trinajstić information content (AvgIpc) is 0.722. The van der Waals surface area contributed by atoms with E-state index in [0.717, 1.165) is 0 Å². The van der Waals surface area contributed by atoms with Crippen molar-refractivity contribution in [1.29, 1.82) is 0 Å². The largest absolute Gasteiger partial charge is 2.00 e. The van der Waals surface area contributed by atoms with Crippen LogP contribution in [0.3, 0.4) is 0 Å². The van der Waals surface area contributed by atoms with Crippen LogP contribution in [-0.2, 0) is 4.57 Å². The van der Waals surface area contributed by atoms with Crippen molar-refractivity contribution in [3.8, 4) is 0 Å². The van der Waals surface area contributed by atoms with E-state index in [1.807, 2.05) is 0 Å². The van der Waals surface area contributed by atoms with Gasteiger partial charge in [0.15, 0.2) is 0 Å². The second kappa shape index (κ2) is 24.3. The van der Waals surface area contributed by atoms with E-state index in [4.69, 9.17) is 19.2 Å². The first-order valence-corrected chi connectivity index (χ1v) is 2.35. The van der Waals surface area contributed by atoms with Crippen LogP contribution >= 0.6 is 7.82 Å². The molecule has 0 bridgehead atoms. The molecule has 0 aromatic carbocycles. The summed E-state index contributed by atoms with van der Waals surface area (Å²) in [5.41, 5.74) is 0. The maximum Gasteiger partial charge on any atom is 2.00 e. The van der Waals surface area contributed by atoms with Crippen LogP contribution in [-0.4, -0.2) is 65.6 Å². The summed E-state index contributed by atoms with van der Waals surface area (Å²) in [4.78, 5) is 21.6. The summed E-state index contributed by atoms with van der Waals surface area (Å²) in [7, 11) is -4.64. The quantitative estimate of drug-likeness (QED) is 0.217. The van der Waals surface area contributed by atoms with Gasteiger partial charge in [-0.25, -0.2) is 4.57 Å². The minimum Gasteiger partial charge on any atom is -1.00 e. The van der Waals surface area contributed by atoms with E-state index in [2.05, 4.69) is 0 Å². The Morgan fingerprint density at radius 3 is 1.18 bits per heavy atom. The Morgan fingerprint density at radius 2 is 1.18 bits per heavy atom. The molecule has 0 spiro atoms. The van der Waals surface area contributed by atoms with Gasteiger partial charge in [0.1, 0.15) is 0 Å². The number of rotatable bonds is 0. The van der Waals surface area contributed by atoms with Crippen LogP contribution in [0.5, 0.6) is 0 Å².